The fourth-order valence-corrected chi connectivity index (χ4v) is 4.65. The first-order valence-electron chi connectivity index (χ1n) is 9.90. The summed E-state index contributed by atoms with van der Waals surface area (Å²) < 4.78 is 16.5. The lowest BCUT2D eigenvalue weighted by molar-refractivity contribution is -0.113. The number of carbonyl (C=O) groups is 2. The SMILES string of the molecule is CCOC(=O)c1cc(-c2ccc(/C=C3\SC(=S)N(c4ccc(OC)cc4)C3=O)o2)ccc1Cl. The Morgan fingerprint density at radius 3 is 2.64 bits per heavy atom. The van der Waals surface area contributed by atoms with E-state index in [1.807, 2.05) is 0 Å². The topological polar surface area (TPSA) is 69.0 Å². The summed E-state index contributed by atoms with van der Waals surface area (Å²) >= 11 is 12.8. The van der Waals surface area contributed by atoms with Gasteiger partial charge in [-0.2, -0.15) is 0 Å². The van der Waals surface area contributed by atoms with Gasteiger partial charge in [0.05, 0.1) is 34.9 Å². The van der Waals surface area contributed by atoms with E-state index in [1.165, 1.54) is 16.7 Å². The van der Waals surface area contributed by atoms with Crippen molar-refractivity contribution in [3.63, 3.8) is 0 Å². The molecule has 0 spiro atoms. The number of hydrogen-bond acceptors (Lipinski definition) is 7. The van der Waals surface area contributed by atoms with Crippen LogP contribution >= 0.6 is 35.6 Å². The van der Waals surface area contributed by atoms with Gasteiger partial charge in [0.25, 0.3) is 5.91 Å². The van der Waals surface area contributed by atoms with E-state index in [-0.39, 0.29) is 18.1 Å². The monoisotopic (exact) mass is 499 g/mol. The predicted molar refractivity (Wildman–Crippen MR) is 134 cm³/mol. The summed E-state index contributed by atoms with van der Waals surface area (Å²) in [6.45, 7) is 1.98. The first-order chi connectivity index (χ1) is 15.9. The van der Waals surface area contributed by atoms with Crippen molar-refractivity contribution in [2.75, 3.05) is 18.6 Å². The van der Waals surface area contributed by atoms with Gasteiger partial charge in [-0.3, -0.25) is 9.69 Å². The number of anilines is 1. The number of benzene rings is 2. The van der Waals surface area contributed by atoms with E-state index in [2.05, 4.69) is 0 Å². The number of thioether (sulfide) groups is 1. The van der Waals surface area contributed by atoms with E-state index in [0.29, 0.717) is 42.8 Å². The number of methoxy groups -OCH3 is 1. The number of thiocarbonyl (C=S) groups is 1. The number of rotatable bonds is 6. The number of hydrogen-bond donors (Lipinski definition) is 0. The Morgan fingerprint density at radius 1 is 1.18 bits per heavy atom. The number of halogens is 1. The fraction of sp³-hybridized carbons (Fsp3) is 0.125. The third-order valence-electron chi connectivity index (χ3n) is 4.77. The standard InChI is InChI=1S/C24H18ClNO5S2/c1-3-30-23(28)18-12-14(4-10-19(18)25)20-11-9-17(31-20)13-21-22(27)26(24(32)33-21)15-5-7-16(29-2)8-6-15/h4-13H,3H2,1-2H3/b21-13-. The molecule has 0 aliphatic carbocycles. The Labute approximate surface area is 205 Å². The van der Waals surface area contributed by atoms with E-state index in [9.17, 15) is 9.59 Å². The maximum absolute atomic E-state index is 13.0. The van der Waals surface area contributed by atoms with Gasteiger partial charge in [0.1, 0.15) is 17.3 Å². The van der Waals surface area contributed by atoms with Crippen LogP contribution in [0.25, 0.3) is 17.4 Å². The highest BCUT2D eigenvalue weighted by Crippen LogP contribution is 2.37. The first kappa shape index (κ1) is 23.1. The normalized spacial score (nSPS) is 14.8. The number of furan rings is 1. The molecule has 1 aliphatic heterocycles. The highest BCUT2D eigenvalue weighted by molar-refractivity contribution is 8.27. The lowest BCUT2D eigenvalue weighted by atomic mass is 10.1. The molecule has 1 aliphatic rings. The molecule has 0 bridgehead atoms. The summed E-state index contributed by atoms with van der Waals surface area (Å²) in [5.74, 6) is 0.959. The maximum Gasteiger partial charge on any atom is 0.339 e. The summed E-state index contributed by atoms with van der Waals surface area (Å²) in [4.78, 5) is 27.0. The van der Waals surface area contributed by atoms with Gasteiger partial charge in [-0.1, -0.05) is 35.6 Å². The third kappa shape index (κ3) is 4.83. The summed E-state index contributed by atoms with van der Waals surface area (Å²) in [7, 11) is 1.58. The number of ether oxygens (including phenoxy) is 2. The summed E-state index contributed by atoms with van der Waals surface area (Å²) in [5.41, 5.74) is 1.58. The molecule has 4 rings (SSSR count). The molecule has 3 aromatic rings. The van der Waals surface area contributed by atoms with E-state index in [0.717, 1.165) is 0 Å². The second-order valence-corrected chi connectivity index (χ2v) is 8.92. The molecular formula is C24H18ClNO5S2. The van der Waals surface area contributed by atoms with Gasteiger partial charge >= 0.3 is 5.97 Å². The Hall–Kier alpha value is -3.07. The highest BCUT2D eigenvalue weighted by atomic mass is 35.5. The van der Waals surface area contributed by atoms with Gasteiger partial charge in [-0.15, -0.1) is 0 Å². The number of amides is 1. The molecular weight excluding hydrogens is 482 g/mol. The van der Waals surface area contributed by atoms with Crippen LogP contribution in [0.5, 0.6) is 5.75 Å². The van der Waals surface area contributed by atoms with E-state index in [1.54, 1.807) is 74.7 Å². The highest BCUT2D eigenvalue weighted by Gasteiger charge is 2.33. The van der Waals surface area contributed by atoms with Crippen molar-refractivity contribution >= 4 is 63.5 Å². The third-order valence-corrected chi connectivity index (χ3v) is 6.40. The predicted octanol–water partition coefficient (Wildman–Crippen LogP) is 6.19. The second kappa shape index (κ2) is 9.82. The van der Waals surface area contributed by atoms with Gasteiger partial charge in [-0.05, 0) is 61.5 Å². The minimum absolute atomic E-state index is 0.232. The van der Waals surface area contributed by atoms with Crippen molar-refractivity contribution in [1.29, 1.82) is 0 Å². The summed E-state index contributed by atoms with van der Waals surface area (Å²) in [6, 6.07) is 15.6. The van der Waals surface area contributed by atoms with Crippen LogP contribution in [0.2, 0.25) is 5.02 Å². The van der Waals surface area contributed by atoms with Crippen LogP contribution in [0.3, 0.4) is 0 Å². The zero-order valence-electron chi connectivity index (χ0n) is 17.7. The average Bonchev–Trinajstić information content (AvgIpc) is 3.38. The fourth-order valence-electron chi connectivity index (χ4n) is 3.18. The van der Waals surface area contributed by atoms with Gasteiger partial charge < -0.3 is 13.9 Å². The van der Waals surface area contributed by atoms with E-state index < -0.39 is 5.97 Å². The molecule has 0 radical (unpaired) electrons. The molecule has 0 N–H and O–H groups in total. The minimum atomic E-state index is -0.502. The molecule has 6 nitrogen and oxygen atoms in total. The second-order valence-electron chi connectivity index (χ2n) is 6.83. The van der Waals surface area contributed by atoms with Crippen LogP contribution in [0.1, 0.15) is 23.0 Å². The first-order valence-corrected chi connectivity index (χ1v) is 11.5. The molecule has 1 fully saturated rings. The number of esters is 1. The van der Waals surface area contributed by atoms with E-state index >= 15 is 0 Å². The number of carbonyl (C=O) groups excluding carboxylic acids is 2. The zero-order valence-corrected chi connectivity index (χ0v) is 20.1. The van der Waals surface area contributed by atoms with Gasteiger partial charge in [0.15, 0.2) is 4.32 Å². The quantitative estimate of drug-likeness (QED) is 0.227. The summed E-state index contributed by atoms with van der Waals surface area (Å²) in [5, 5.41) is 0.297. The van der Waals surface area contributed by atoms with Crippen molar-refractivity contribution in [2.45, 2.75) is 6.92 Å². The van der Waals surface area contributed by atoms with Crippen molar-refractivity contribution in [2.24, 2.45) is 0 Å². The molecule has 33 heavy (non-hydrogen) atoms. The van der Waals surface area contributed by atoms with Crippen LogP contribution in [-0.2, 0) is 9.53 Å². The van der Waals surface area contributed by atoms with Crippen molar-refractivity contribution in [3.8, 4) is 17.1 Å². The Balaban J connectivity index is 1.57. The van der Waals surface area contributed by atoms with Crippen LogP contribution in [0.4, 0.5) is 5.69 Å². The molecule has 0 atom stereocenters. The lowest BCUT2D eigenvalue weighted by Gasteiger charge is -2.14. The largest absolute Gasteiger partial charge is 0.497 e. The smallest absolute Gasteiger partial charge is 0.339 e. The Bertz CT molecular complexity index is 1270. The average molecular weight is 500 g/mol. The molecule has 1 aromatic heterocycles. The molecule has 0 unspecified atom stereocenters. The van der Waals surface area contributed by atoms with Gasteiger partial charge in [0.2, 0.25) is 0 Å². The molecule has 168 valence electrons. The Kier molecular flexibility index (Phi) is 6.88. The van der Waals surface area contributed by atoms with Crippen LogP contribution < -0.4 is 9.64 Å². The van der Waals surface area contributed by atoms with Gasteiger partial charge in [-0.25, -0.2) is 4.79 Å². The number of nitrogens with zero attached hydrogens (tertiary/aromatic N) is 1. The summed E-state index contributed by atoms with van der Waals surface area (Å²) in [6.07, 6.45) is 1.65. The zero-order chi connectivity index (χ0) is 23.5. The van der Waals surface area contributed by atoms with E-state index in [4.69, 9.17) is 37.7 Å². The van der Waals surface area contributed by atoms with Crippen molar-refractivity contribution < 1.29 is 23.5 Å². The van der Waals surface area contributed by atoms with Crippen LogP contribution in [0.15, 0.2) is 63.9 Å². The van der Waals surface area contributed by atoms with Gasteiger partial charge in [0, 0.05) is 11.6 Å². The Morgan fingerprint density at radius 2 is 1.94 bits per heavy atom. The molecule has 2 aromatic carbocycles. The van der Waals surface area contributed by atoms with Crippen molar-refractivity contribution in [3.05, 3.63) is 75.8 Å². The molecule has 9 heteroatoms. The maximum atomic E-state index is 13.0. The van der Waals surface area contributed by atoms with Crippen molar-refractivity contribution in [1.82, 2.24) is 0 Å². The van der Waals surface area contributed by atoms with Crippen LogP contribution in [-0.4, -0.2) is 29.9 Å². The van der Waals surface area contributed by atoms with Crippen LogP contribution in [0, 0.1) is 0 Å². The molecule has 1 saturated heterocycles. The molecule has 1 amide bonds. The minimum Gasteiger partial charge on any atom is -0.497 e. The molecule has 0 saturated carbocycles. The lowest BCUT2D eigenvalue weighted by Crippen LogP contribution is -2.27. The molecule has 2 heterocycles.